The number of nitrogens with zero attached hydrogens (tertiary/aromatic N) is 7. The van der Waals surface area contributed by atoms with E-state index < -0.39 is 0 Å². The van der Waals surface area contributed by atoms with E-state index in [1.807, 2.05) is 19.2 Å². The van der Waals surface area contributed by atoms with Crippen LogP contribution in [0.2, 0.25) is 0 Å². The Kier molecular flexibility index (Phi) is 2.89. The van der Waals surface area contributed by atoms with Gasteiger partial charge in [-0.05, 0) is 12.1 Å². The maximum absolute atomic E-state index is 4.30. The Morgan fingerprint density at radius 3 is 3.05 bits per heavy atom. The molecule has 0 aromatic carbocycles. The van der Waals surface area contributed by atoms with Crippen molar-refractivity contribution in [3.05, 3.63) is 42.9 Å². The van der Waals surface area contributed by atoms with Crippen LogP contribution in [0, 0.1) is 0 Å². The van der Waals surface area contributed by atoms with E-state index in [-0.39, 0.29) is 0 Å². The molecule has 19 heavy (non-hydrogen) atoms. The second-order valence-electron chi connectivity index (χ2n) is 3.92. The van der Waals surface area contributed by atoms with Gasteiger partial charge in [0.25, 0.3) is 0 Å². The number of anilines is 1. The first-order valence-electron chi connectivity index (χ1n) is 5.72. The summed E-state index contributed by atoms with van der Waals surface area (Å²) in [7, 11) is 1.85. The molecule has 0 spiro atoms. The zero-order valence-corrected chi connectivity index (χ0v) is 10.3. The van der Waals surface area contributed by atoms with Crippen molar-refractivity contribution in [1.82, 2.24) is 34.7 Å². The molecule has 0 atom stereocenters. The van der Waals surface area contributed by atoms with Gasteiger partial charge in [0.1, 0.15) is 12.7 Å². The topological polar surface area (TPSA) is 86.3 Å². The molecule has 0 bridgehead atoms. The fourth-order valence-corrected chi connectivity index (χ4v) is 1.69. The fraction of sp³-hybridized carbons (Fsp3) is 0.182. The second kappa shape index (κ2) is 4.84. The molecule has 3 heterocycles. The summed E-state index contributed by atoms with van der Waals surface area (Å²) in [5.74, 6) is 0.704. The Labute approximate surface area is 109 Å². The molecule has 0 radical (unpaired) electrons. The van der Waals surface area contributed by atoms with Crippen molar-refractivity contribution in [2.24, 2.45) is 7.05 Å². The van der Waals surface area contributed by atoms with Crippen LogP contribution in [-0.4, -0.2) is 34.7 Å². The van der Waals surface area contributed by atoms with E-state index in [1.54, 1.807) is 28.1 Å². The van der Waals surface area contributed by atoms with Gasteiger partial charge in [0.2, 0.25) is 0 Å². The summed E-state index contributed by atoms with van der Waals surface area (Å²) in [5.41, 5.74) is 1.85. The number of rotatable bonds is 4. The Morgan fingerprint density at radius 2 is 2.32 bits per heavy atom. The van der Waals surface area contributed by atoms with Crippen molar-refractivity contribution in [2.75, 3.05) is 5.32 Å². The van der Waals surface area contributed by atoms with Crippen LogP contribution in [0.1, 0.15) is 5.69 Å². The van der Waals surface area contributed by atoms with Gasteiger partial charge in [-0.3, -0.25) is 4.68 Å². The van der Waals surface area contributed by atoms with Crippen LogP contribution in [0.5, 0.6) is 0 Å². The van der Waals surface area contributed by atoms with Gasteiger partial charge in [0.05, 0.1) is 24.1 Å². The van der Waals surface area contributed by atoms with Crippen molar-refractivity contribution >= 4 is 5.69 Å². The van der Waals surface area contributed by atoms with Crippen LogP contribution in [-0.2, 0) is 13.6 Å². The molecule has 0 unspecified atom stereocenters. The van der Waals surface area contributed by atoms with Crippen molar-refractivity contribution < 1.29 is 0 Å². The molecule has 1 N–H and O–H groups in total. The highest BCUT2D eigenvalue weighted by molar-refractivity contribution is 5.56. The molecular weight excluding hydrogens is 244 g/mol. The summed E-state index contributed by atoms with van der Waals surface area (Å²) in [5, 5.41) is 15.1. The maximum atomic E-state index is 4.30. The number of pyridine rings is 1. The zero-order chi connectivity index (χ0) is 13.1. The van der Waals surface area contributed by atoms with Gasteiger partial charge in [-0.2, -0.15) is 5.10 Å². The first-order valence-corrected chi connectivity index (χ1v) is 5.72. The van der Waals surface area contributed by atoms with Gasteiger partial charge in [-0.15, -0.1) is 5.10 Å². The minimum Gasteiger partial charge on any atom is -0.376 e. The average molecular weight is 256 g/mol. The van der Waals surface area contributed by atoms with E-state index in [9.17, 15) is 0 Å². The van der Waals surface area contributed by atoms with E-state index in [4.69, 9.17) is 0 Å². The highest BCUT2D eigenvalue weighted by Gasteiger charge is 2.07. The van der Waals surface area contributed by atoms with Gasteiger partial charge >= 0.3 is 0 Å². The van der Waals surface area contributed by atoms with Gasteiger partial charge in [-0.1, -0.05) is 5.21 Å². The van der Waals surface area contributed by atoms with Gasteiger partial charge in [-0.25, -0.2) is 14.6 Å². The van der Waals surface area contributed by atoms with Crippen LogP contribution in [0.15, 0.2) is 37.2 Å². The first-order chi connectivity index (χ1) is 9.34. The Balaban J connectivity index is 1.84. The summed E-state index contributed by atoms with van der Waals surface area (Å²) >= 11 is 0. The summed E-state index contributed by atoms with van der Waals surface area (Å²) in [4.78, 5) is 8.23. The van der Waals surface area contributed by atoms with E-state index in [0.29, 0.717) is 12.4 Å². The third-order valence-corrected chi connectivity index (χ3v) is 2.69. The molecule has 3 aromatic rings. The second-order valence-corrected chi connectivity index (χ2v) is 3.92. The Morgan fingerprint density at radius 1 is 1.37 bits per heavy atom. The lowest BCUT2D eigenvalue weighted by molar-refractivity contribution is 0.683. The zero-order valence-electron chi connectivity index (χ0n) is 10.3. The normalized spacial score (nSPS) is 10.6. The van der Waals surface area contributed by atoms with Crippen molar-refractivity contribution in [3.8, 4) is 5.82 Å². The summed E-state index contributed by atoms with van der Waals surface area (Å²) < 4.78 is 3.34. The lowest BCUT2D eigenvalue weighted by atomic mass is 10.3. The van der Waals surface area contributed by atoms with Crippen LogP contribution in [0.4, 0.5) is 5.69 Å². The molecule has 3 rings (SSSR count). The van der Waals surface area contributed by atoms with Crippen molar-refractivity contribution in [2.45, 2.75) is 6.54 Å². The molecule has 0 amide bonds. The molecule has 0 aliphatic rings. The van der Waals surface area contributed by atoms with Gasteiger partial charge in [0, 0.05) is 13.2 Å². The maximum Gasteiger partial charge on any atom is 0.178 e. The van der Waals surface area contributed by atoms with E-state index >= 15 is 0 Å². The molecule has 96 valence electrons. The third-order valence-electron chi connectivity index (χ3n) is 2.69. The van der Waals surface area contributed by atoms with E-state index in [2.05, 4.69) is 30.7 Å². The highest BCUT2D eigenvalue weighted by atomic mass is 15.4. The number of nitrogens with one attached hydrogen (secondary N) is 1. The largest absolute Gasteiger partial charge is 0.376 e. The van der Waals surface area contributed by atoms with Crippen LogP contribution in [0.3, 0.4) is 0 Å². The summed E-state index contributed by atoms with van der Waals surface area (Å²) in [6, 6.07) is 3.80. The molecular formula is C11H12N8. The number of hydrogen-bond donors (Lipinski definition) is 1. The quantitative estimate of drug-likeness (QED) is 0.727. The van der Waals surface area contributed by atoms with E-state index in [1.165, 1.54) is 6.33 Å². The molecule has 8 heteroatoms. The number of aryl methyl sites for hydroxylation is 1. The smallest absolute Gasteiger partial charge is 0.178 e. The molecule has 0 saturated heterocycles. The summed E-state index contributed by atoms with van der Waals surface area (Å²) in [6.07, 6.45) is 6.52. The molecule has 0 fully saturated rings. The predicted octanol–water partition coefficient (Wildman–Crippen LogP) is 0.403. The first kappa shape index (κ1) is 11.3. The third kappa shape index (κ3) is 2.28. The minimum absolute atomic E-state index is 0.608. The Bertz CT molecular complexity index is 657. The lowest BCUT2D eigenvalue weighted by Gasteiger charge is -2.10. The fourth-order valence-electron chi connectivity index (χ4n) is 1.69. The monoisotopic (exact) mass is 256 g/mol. The van der Waals surface area contributed by atoms with E-state index in [0.717, 1.165) is 11.4 Å². The Hall–Kier alpha value is -2.77. The van der Waals surface area contributed by atoms with Crippen molar-refractivity contribution in [1.29, 1.82) is 0 Å². The van der Waals surface area contributed by atoms with Gasteiger partial charge in [0.15, 0.2) is 5.82 Å². The van der Waals surface area contributed by atoms with Gasteiger partial charge < -0.3 is 5.32 Å². The molecule has 0 saturated carbocycles. The average Bonchev–Trinajstić information content (AvgIpc) is 3.08. The predicted molar refractivity (Wildman–Crippen MR) is 67.5 cm³/mol. The lowest BCUT2D eigenvalue weighted by Crippen LogP contribution is -2.09. The number of hydrogen-bond acceptors (Lipinski definition) is 6. The standard InChI is InChI=1S/C11H12N8/c1-18-9(6-15-17-18)5-14-10-3-2-4-13-11(10)19-8-12-7-16-19/h2-4,6-8,14H,5H2,1H3. The molecule has 8 nitrogen and oxygen atoms in total. The minimum atomic E-state index is 0.608. The highest BCUT2D eigenvalue weighted by Crippen LogP contribution is 2.16. The molecule has 3 aromatic heterocycles. The van der Waals surface area contributed by atoms with Crippen LogP contribution < -0.4 is 5.32 Å². The van der Waals surface area contributed by atoms with Crippen molar-refractivity contribution in [3.63, 3.8) is 0 Å². The molecule has 0 aliphatic heterocycles. The molecule has 0 aliphatic carbocycles. The SMILES string of the molecule is Cn1nncc1CNc1cccnc1-n1cncn1. The summed E-state index contributed by atoms with van der Waals surface area (Å²) in [6.45, 7) is 0.608. The van der Waals surface area contributed by atoms with Crippen LogP contribution in [0.25, 0.3) is 5.82 Å². The van der Waals surface area contributed by atoms with Crippen LogP contribution >= 0.6 is 0 Å². The number of aromatic nitrogens is 7.